The van der Waals surface area contributed by atoms with Gasteiger partial charge in [0.2, 0.25) is 0 Å². The molecule has 0 aliphatic heterocycles. The van der Waals surface area contributed by atoms with Crippen LogP contribution >= 0.6 is 0 Å². The Morgan fingerprint density at radius 2 is 0.415 bits per heavy atom. The molecule has 12 aromatic carbocycles. The summed E-state index contributed by atoms with van der Waals surface area (Å²) in [5.41, 5.74) is 16.7. The van der Waals surface area contributed by atoms with E-state index in [0.29, 0.717) is 0 Å². The van der Waals surface area contributed by atoms with Crippen LogP contribution in [0.5, 0.6) is 23.0 Å². The van der Waals surface area contributed by atoms with Crippen molar-refractivity contribution in [2.24, 2.45) is 0 Å². The van der Waals surface area contributed by atoms with Gasteiger partial charge in [0, 0.05) is 92.5 Å². The minimum absolute atomic E-state index is 0.227. The molecular formula is C74H60N4O4. The van der Waals surface area contributed by atoms with Gasteiger partial charge >= 0.3 is 0 Å². The van der Waals surface area contributed by atoms with E-state index < -0.39 is 0 Å². The fraction of sp³-hybridized carbons (Fsp3) is 0.0270. The van der Waals surface area contributed by atoms with Crippen molar-refractivity contribution in [3.8, 4) is 45.3 Å². The van der Waals surface area contributed by atoms with Crippen LogP contribution < -0.4 is 29.1 Å². The van der Waals surface area contributed by atoms with Crippen molar-refractivity contribution in [2.75, 3.05) is 33.8 Å². The van der Waals surface area contributed by atoms with Crippen LogP contribution in [0.2, 0.25) is 0 Å². The largest absolute Gasteiger partial charge is 0.508 e. The van der Waals surface area contributed by atoms with E-state index in [4.69, 9.17) is 9.47 Å². The lowest BCUT2D eigenvalue weighted by molar-refractivity contribution is 0.415. The second-order valence-corrected chi connectivity index (χ2v) is 19.3. The lowest BCUT2D eigenvalue weighted by Gasteiger charge is -2.26. The molecular weight excluding hydrogens is 1010 g/mol. The molecule has 0 atom stereocenters. The normalized spacial score (nSPS) is 10.7. The molecule has 8 nitrogen and oxygen atoms in total. The van der Waals surface area contributed by atoms with Gasteiger partial charge in [0.25, 0.3) is 0 Å². The third kappa shape index (κ3) is 12.3. The Bertz CT molecular complexity index is 3700. The number of para-hydroxylation sites is 4. The molecule has 0 spiro atoms. The molecule has 0 radical (unpaired) electrons. The summed E-state index contributed by atoms with van der Waals surface area (Å²) in [6, 6.07) is 106. The fourth-order valence-electron chi connectivity index (χ4n) is 10.1. The van der Waals surface area contributed by atoms with Gasteiger partial charge in [0.1, 0.15) is 23.0 Å². The van der Waals surface area contributed by atoms with Gasteiger partial charge < -0.3 is 39.3 Å². The highest BCUT2D eigenvalue weighted by atomic mass is 16.5. The van der Waals surface area contributed by atoms with Crippen LogP contribution in [0, 0.1) is 0 Å². The monoisotopic (exact) mass is 1070 g/mol. The maximum atomic E-state index is 10.1. The van der Waals surface area contributed by atoms with Crippen LogP contribution in [0.15, 0.2) is 315 Å². The summed E-state index contributed by atoms with van der Waals surface area (Å²) in [5, 5.41) is 20.3. The SMILES string of the molecule is COc1cccc(N(c2ccccc2)c2ccc(-c3ccc(N(c4ccccc4)c4cccc(OC)c4)cc3)cc2)c1.Oc1cccc(N(c2ccccc2)c2ccc(-c3ccc(N(c4ccccc4)c4cccc(O)c4)cc3)cc2)c1. The first-order chi connectivity index (χ1) is 40.4. The average molecular weight is 1070 g/mol. The molecule has 0 aliphatic rings. The zero-order chi connectivity index (χ0) is 56.0. The minimum atomic E-state index is 0.227. The predicted molar refractivity (Wildman–Crippen MR) is 339 cm³/mol. The molecule has 400 valence electrons. The number of hydrogen-bond donors (Lipinski definition) is 2. The van der Waals surface area contributed by atoms with Crippen LogP contribution in [0.1, 0.15) is 0 Å². The van der Waals surface area contributed by atoms with E-state index in [9.17, 15) is 10.2 Å². The Labute approximate surface area is 480 Å². The molecule has 0 bridgehead atoms. The van der Waals surface area contributed by atoms with Crippen molar-refractivity contribution in [1.82, 2.24) is 0 Å². The van der Waals surface area contributed by atoms with Gasteiger partial charge in [0.15, 0.2) is 0 Å². The summed E-state index contributed by atoms with van der Waals surface area (Å²) in [7, 11) is 3.39. The van der Waals surface area contributed by atoms with Crippen molar-refractivity contribution < 1.29 is 19.7 Å². The van der Waals surface area contributed by atoms with Gasteiger partial charge in [0.05, 0.1) is 14.2 Å². The second-order valence-electron chi connectivity index (χ2n) is 19.3. The van der Waals surface area contributed by atoms with Crippen LogP contribution in [0.3, 0.4) is 0 Å². The van der Waals surface area contributed by atoms with Gasteiger partial charge in [-0.2, -0.15) is 0 Å². The Balaban J connectivity index is 0.000000172. The topological polar surface area (TPSA) is 71.9 Å². The number of methoxy groups -OCH3 is 2. The molecule has 2 N–H and O–H groups in total. The zero-order valence-corrected chi connectivity index (χ0v) is 45.5. The summed E-state index contributed by atoms with van der Waals surface area (Å²) < 4.78 is 11.0. The highest BCUT2D eigenvalue weighted by Crippen LogP contribution is 2.42. The highest BCUT2D eigenvalue weighted by molar-refractivity contribution is 5.84. The van der Waals surface area contributed by atoms with Gasteiger partial charge in [-0.05, 0) is 168 Å². The van der Waals surface area contributed by atoms with E-state index in [1.165, 1.54) is 0 Å². The Morgan fingerprint density at radius 1 is 0.207 bits per heavy atom. The number of benzene rings is 12. The molecule has 8 heteroatoms. The first kappa shape index (κ1) is 53.1. The molecule has 0 amide bonds. The summed E-state index contributed by atoms with van der Waals surface area (Å²) in [6.07, 6.45) is 0. The van der Waals surface area contributed by atoms with Crippen LogP contribution in [0.25, 0.3) is 22.3 Å². The maximum Gasteiger partial charge on any atom is 0.120 e. The van der Waals surface area contributed by atoms with Gasteiger partial charge in [-0.15, -0.1) is 0 Å². The number of aromatic hydroxyl groups is 2. The first-order valence-corrected chi connectivity index (χ1v) is 27.1. The lowest BCUT2D eigenvalue weighted by Crippen LogP contribution is -2.10. The summed E-state index contributed by atoms with van der Waals surface area (Å²) in [5.74, 6) is 2.10. The minimum Gasteiger partial charge on any atom is -0.508 e. The summed E-state index contributed by atoms with van der Waals surface area (Å²) in [4.78, 5) is 8.72. The van der Waals surface area contributed by atoms with E-state index in [1.807, 2.05) is 97.1 Å². The quantitative estimate of drug-likeness (QED) is 0.0992. The molecule has 12 aromatic rings. The lowest BCUT2D eigenvalue weighted by atomic mass is 10.0. The number of hydrogen-bond acceptors (Lipinski definition) is 8. The van der Waals surface area contributed by atoms with Crippen LogP contribution in [-0.2, 0) is 0 Å². The number of anilines is 12. The molecule has 0 fully saturated rings. The van der Waals surface area contributed by atoms with Crippen LogP contribution in [0.4, 0.5) is 68.2 Å². The third-order valence-electron chi connectivity index (χ3n) is 14.0. The molecule has 0 saturated heterocycles. The number of ether oxygens (including phenoxy) is 2. The van der Waals surface area contributed by atoms with Gasteiger partial charge in [-0.1, -0.05) is 146 Å². The Hall–Kier alpha value is -11.0. The predicted octanol–water partition coefficient (Wildman–Crippen LogP) is 20.0. The first-order valence-electron chi connectivity index (χ1n) is 27.1. The molecule has 0 heterocycles. The van der Waals surface area contributed by atoms with E-state index in [1.54, 1.807) is 38.5 Å². The average Bonchev–Trinajstić information content (AvgIpc) is 3.69. The van der Waals surface area contributed by atoms with Crippen molar-refractivity contribution >= 4 is 68.2 Å². The van der Waals surface area contributed by atoms with Crippen molar-refractivity contribution in [2.45, 2.75) is 0 Å². The Kier molecular flexibility index (Phi) is 16.3. The summed E-state index contributed by atoms with van der Waals surface area (Å²) >= 11 is 0. The zero-order valence-electron chi connectivity index (χ0n) is 45.5. The standard InChI is InChI=1S/C38H32N2O2.C36H28N2O2/c1-41-37-17-9-15-35(27-37)39(31-11-5-3-6-12-31)33-23-19-29(20-24-33)30-21-25-34(26-22-30)40(32-13-7-4-8-14-32)36-16-10-18-38(28-36)42-2;39-35-15-7-13-33(25-35)37(29-9-3-1-4-10-29)31-21-17-27(18-22-31)28-19-23-32(24-20-28)38(30-11-5-2-6-12-30)34-14-8-16-36(40)26-34/h3-28H,1-2H3;1-26,39-40H. The fourth-order valence-corrected chi connectivity index (χ4v) is 10.1. The number of phenolic OH excluding ortho intramolecular Hbond substituents is 2. The highest BCUT2D eigenvalue weighted by Gasteiger charge is 2.18. The molecule has 0 unspecified atom stereocenters. The van der Waals surface area contributed by atoms with E-state index in [0.717, 1.165) is 102 Å². The maximum absolute atomic E-state index is 10.1. The Morgan fingerprint density at radius 3 is 0.646 bits per heavy atom. The third-order valence-corrected chi connectivity index (χ3v) is 14.0. The molecule has 82 heavy (non-hydrogen) atoms. The number of rotatable bonds is 16. The van der Waals surface area contributed by atoms with E-state index in [-0.39, 0.29) is 11.5 Å². The van der Waals surface area contributed by atoms with Crippen molar-refractivity contribution in [3.05, 3.63) is 315 Å². The van der Waals surface area contributed by atoms with Gasteiger partial charge in [-0.25, -0.2) is 0 Å². The molecule has 12 rings (SSSR count). The van der Waals surface area contributed by atoms with E-state index in [2.05, 4.69) is 214 Å². The van der Waals surface area contributed by atoms with Crippen molar-refractivity contribution in [1.29, 1.82) is 0 Å². The van der Waals surface area contributed by atoms with E-state index >= 15 is 0 Å². The molecule has 0 aromatic heterocycles. The summed E-state index contributed by atoms with van der Waals surface area (Å²) in [6.45, 7) is 0. The van der Waals surface area contributed by atoms with Crippen LogP contribution in [-0.4, -0.2) is 24.4 Å². The van der Waals surface area contributed by atoms with Crippen molar-refractivity contribution in [3.63, 3.8) is 0 Å². The molecule has 0 saturated carbocycles. The smallest absolute Gasteiger partial charge is 0.120 e. The second kappa shape index (κ2) is 25.2. The number of phenols is 2. The van der Waals surface area contributed by atoms with Gasteiger partial charge in [-0.3, -0.25) is 0 Å². The molecule has 0 aliphatic carbocycles. The number of nitrogens with zero attached hydrogens (tertiary/aromatic N) is 4.